The molecule has 1 aliphatic carbocycles. The summed E-state index contributed by atoms with van der Waals surface area (Å²) in [6, 6.07) is 9.85. The number of hydrogen-bond donors (Lipinski definition) is 1. The molecule has 1 aliphatic rings. The molecule has 0 aliphatic heterocycles. The number of nitrogens with zero attached hydrogens (tertiary/aromatic N) is 2. The van der Waals surface area contributed by atoms with Gasteiger partial charge in [0.05, 0.1) is 13.1 Å². The molecule has 3 amide bonds. The van der Waals surface area contributed by atoms with E-state index in [4.69, 9.17) is 0 Å². The van der Waals surface area contributed by atoms with Crippen molar-refractivity contribution in [3.8, 4) is 0 Å². The molecule has 6 nitrogen and oxygen atoms in total. The third-order valence-corrected chi connectivity index (χ3v) is 3.88. The van der Waals surface area contributed by atoms with Crippen LogP contribution in [0.5, 0.6) is 0 Å². The van der Waals surface area contributed by atoms with Crippen molar-refractivity contribution in [2.45, 2.75) is 19.4 Å². The zero-order valence-corrected chi connectivity index (χ0v) is 13.4. The number of hydrogen-bond acceptors (Lipinski definition) is 3. The summed E-state index contributed by atoms with van der Waals surface area (Å²) in [4.78, 5) is 37.7. The summed E-state index contributed by atoms with van der Waals surface area (Å²) >= 11 is 0. The minimum Gasteiger partial charge on any atom is -0.350 e. The van der Waals surface area contributed by atoms with Gasteiger partial charge in [-0.1, -0.05) is 30.3 Å². The van der Waals surface area contributed by atoms with E-state index in [9.17, 15) is 14.4 Å². The molecule has 0 spiro atoms. The Balaban J connectivity index is 1.93. The minimum atomic E-state index is -0.281. The molecular formula is C17H23N3O3. The summed E-state index contributed by atoms with van der Waals surface area (Å²) in [5.74, 6) is 0.236. The van der Waals surface area contributed by atoms with E-state index in [1.165, 1.54) is 4.90 Å². The molecule has 1 aromatic carbocycles. The van der Waals surface area contributed by atoms with Crippen LogP contribution in [0.3, 0.4) is 0 Å². The molecule has 0 saturated heterocycles. The highest BCUT2D eigenvalue weighted by atomic mass is 16.2. The van der Waals surface area contributed by atoms with Gasteiger partial charge in [-0.3, -0.25) is 14.4 Å². The molecule has 0 bridgehead atoms. The number of likely N-dealkylation sites (N-methyl/N-ethyl adjacent to an activating group) is 1. The Morgan fingerprint density at radius 1 is 1.22 bits per heavy atom. The van der Waals surface area contributed by atoms with Crippen LogP contribution in [0.4, 0.5) is 0 Å². The first-order valence-electron chi connectivity index (χ1n) is 7.83. The van der Waals surface area contributed by atoms with Crippen molar-refractivity contribution in [3.05, 3.63) is 35.9 Å². The first kappa shape index (κ1) is 17.0. The molecule has 0 unspecified atom stereocenters. The predicted octanol–water partition coefficient (Wildman–Crippen LogP) is 0.630. The Labute approximate surface area is 136 Å². The van der Waals surface area contributed by atoms with Crippen LogP contribution in [0.1, 0.15) is 18.4 Å². The van der Waals surface area contributed by atoms with Crippen LogP contribution in [-0.4, -0.2) is 54.7 Å². The highest BCUT2D eigenvalue weighted by Gasteiger charge is 2.27. The third kappa shape index (κ3) is 5.73. The van der Waals surface area contributed by atoms with E-state index >= 15 is 0 Å². The lowest BCUT2D eigenvalue weighted by molar-refractivity contribution is -0.139. The Bertz CT molecular complexity index is 543. The van der Waals surface area contributed by atoms with Crippen molar-refractivity contribution in [2.24, 2.45) is 5.92 Å². The van der Waals surface area contributed by atoms with E-state index < -0.39 is 0 Å². The average Bonchev–Trinajstić information content (AvgIpc) is 3.36. The normalized spacial score (nSPS) is 13.3. The van der Waals surface area contributed by atoms with Crippen molar-refractivity contribution in [3.63, 3.8) is 0 Å². The number of benzene rings is 1. The second-order valence-corrected chi connectivity index (χ2v) is 5.95. The third-order valence-electron chi connectivity index (χ3n) is 3.88. The van der Waals surface area contributed by atoms with Crippen LogP contribution in [0.25, 0.3) is 0 Å². The lowest BCUT2D eigenvalue weighted by atomic mass is 10.2. The Hall–Kier alpha value is -2.37. The Kier molecular flexibility index (Phi) is 6.14. The predicted molar refractivity (Wildman–Crippen MR) is 86.3 cm³/mol. The molecule has 2 rings (SSSR count). The van der Waals surface area contributed by atoms with Crippen molar-refractivity contribution in [2.75, 3.05) is 26.7 Å². The fourth-order valence-corrected chi connectivity index (χ4v) is 2.33. The molecular weight excluding hydrogens is 294 g/mol. The maximum Gasteiger partial charge on any atom is 0.242 e. The second-order valence-electron chi connectivity index (χ2n) is 5.95. The SMILES string of the molecule is CN(CC(=O)N(Cc1ccccc1)CC1CC1)C(=O)CNC=O. The average molecular weight is 317 g/mol. The standard InChI is InChI=1S/C17H23N3O3/c1-19(16(22)9-18-13-21)12-17(23)20(11-15-7-8-15)10-14-5-3-2-4-6-14/h2-6,13,15H,7-12H2,1H3,(H,18,21). The van der Waals surface area contributed by atoms with Gasteiger partial charge in [0, 0.05) is 20.1 Å². The molecule has 1 aromatic rings. The van der Waals surface area contributed by atoms with E-state index in [0.29, 0.717) is 18.9 Å². The first-order valence-corrected chi connectivity index (χ1v) is 7.83. The van der Waals surface area contributed by atoms with E-state index in [-0.39, 0.29) is 24.9 Å². The number of nitrogens with one attached hydrogen (secondary N) is 1. The number of amides is 3. The summed E-state index contributed by atoms with van der Waals surface area (Å²) in [6.07, 6.45) is 2.80. The van der Waals surface area contributed by atoms with Crippen molar-refractivity contribution in [1.29, 1.82) is 0 Å². The van der Waals surface area contributed by atoms with E-state index in [2.05, 4.69) is 5.32 Å². The van der Waals surface area contributed by atoms with Crippen LogP contribution in [-0.2, 0) is 20.9 Å². The summed E-state index contributed by atoms with van der Waals surface area (Å²) in [6.45, 7) is 1.24. The number of carbonyl (C=O) groups excluding carboxylic acids is 3. The van der Waals surface area contributed by atoms with Crippen molar-refractivity contribution < 1.29 is 14.4 Å². The monoisotopic (exact) mass is 317 g/mol. The van der Waals surface area contributed by atoms with Crippen LogP contribution < -0.4 is 5.32 Å². The molecule has 0 heterocycles. The van der Waals surface area contributed by atoms with E-state index in [1.54, 1.807) is 7.05 Å². The largest absolute Gasteiger partial charge is 0.350 e. The summed E-state index contributed by atoms with van der Waals surface area (Å²) in [5.41, 5.74) is 1.08. The Morgan fingerprint density at radius 2 is 1.91 bits per heavy atom. The zero-order valence-electron chi connectivity index (χ0n) is 13.4. The number of carbonyl (C=O) groups is 3. The highest BCUT2D eigenvalue weighted by Crippen LogP contribution is 2.30. The molecule has 6 heteroatoms. The lowest BCUT2D eigenvalue weighted by Gasteiger charge is -2.26. The zero-order chi connectivity index (χ0) is 16.7. The number of rotatable bonds is 9. The van der Waals surface area contributed by atoms with Gasteiger partial charge in [0.2, 0.25) is 18.2 Å². The maximum absolute atomic E-state index is 12.5. The molecule has 1 fully saturated rings. The smallest absolute Gasteiger partial charge is 0.242 e. The molecule has 0 atom stereocenters. The Morgan fingerprint density at radius 3 is 2.52 bits per heavy atom. The van der Waals surface area contributed by atoms with Crippen molar-refractivity contribution in [1.82, 2.24) is 15.1 Å². The van der Waals surface area contributed by atoms with Gasteiger partial charge in [-0.25, -0.2) is 0 Å². The minimum absolute atomic E-state index is 0.0267. The first-order chi connectivity index (χ1) is 11.1. The lowest BCUT2D eigenvalue weighted by Crippen LogP contribution is -2.44. The van der Waals surface area contributed by atoms with Crippen molar-refractivity contribution >= 4 is 18.2 Å². The molecule has 0 radical (unpaired) electrons. The second kappa shape index (κ2) is 8.31. The highest BCUT2D eigenvalue weighted by molar-refractivity contribution is 5.86. The van der Waals surface area contributed by atoms with Gasteiger partial charge in [0.1, 0.15) is 0 Å². The molecule has 124 valence electrons. The molecule has 1 saturated carbocycles. The van der Waals surface area contributed by atoms with Gasteiger partial charge in [0.25, 0.3) is 0 Å². The van der Waals surface area contributed by atoms with E-state index in [1.807, 2.05) is 35.2 Å². The topological polar surface area (TPSA) is 69.7 Å². The fourth-order valence-electron chi connectivity index (χ4n) is 2.33. The summed E-state index contributed by atoms with van der Waals surface area (Å²) in [7, 11) is 1.57. The molecule has 23 heavy (non-hydrogen) atoms. The van der Waals surface area contributed by atoms with Gasteiger partial charge in [-0.2, -0.15) is 0 Å². The van der Waals surface area contributed by atoms with Gasteiger partial charge in [0.15, 0.2) is 0 Å². The molecule has 0 aromatic heterocycles. The van der Waals surface area contributed by atoms with Gasteiger partial charge < -0.3 is 15.1 Å². The maximum atomic E-state index is 12.5. The quantitative estimate of drug-likeness (QED) is 0.679. The summed E-state index contributed by atoms with van der Waals surface area (Å²) < 4.78 is 0. The van der Waals surface area contributed by atoms with Gasteiger partial charge >= 0.3 is 0 Å². The van der Waals surface area contributed by atoms with Crippen LogP contribution in [0, 0.1) is 5.92 Å². The van der Waals surface area contributed by atoms with Crippen LogP contribution in [0.15, 0.2) is 30.3 Å². The van der Waals surface area contributed by atoms with E-state index in [0.717, 1.165) is 24.9 Å². The van der Waals surface area contributed by atoms with Crippen LogP contribution in [0.2, 0.25) is 0 Å². The summed E-state index contributed by atoms with van der Waals surface area (Å²) in [5, 5.41) is 2.32. The molecule has 1 N–H and O–H groups in total. The van der Waals surface area contributed by atoms with Gasteiger partial charge in [-0.05, 0) is 24.3 Å². The van der Waals surface area contributed by atoms with Gasteiger partial charge in [-0.15, -0.1) is 0 Å². The fraction of sp³-hybridized carbons (Fsp3) is 0.471. The van der Waals surface area contributed by atoms with Crippen LogP contribution >= 0.6 is 0 Å².